The monoisotopic (exact) mass is 260 g/mol. The van der Waals surface area contributed by atoms with Gasteiger partial charge in [-0.25, -0.2) is 0 Å². The number of aromatic nitrogens is 1. The molecule has 2 bridgehead atoms. The third kappa shape index (κ3) is 1.71. The van der Waals surface area contributed by atoms with Gasteiger partial charge in [0.2, 0.25) is 5.88 Å². The molecular weight excluding hydrogens is 244 g/mol. The molecule has 3 fully saturated rings. The first-order valence-electron chi connectivity index (χ1n) is 6.63. The molecule has 18 heavy (non-hydrogen) atoms. The molecule has 0 spiro atoms. The first-order chi connectivity index (χ1) is 8.90. The van der Waals surface area contributed by atoms with Gasteiger partial charge >= 0.3 is 0 Å². The highest BCUT2D eigenvalue weighted by molar-refractivity contribution is 7.13. The van der Waals surface area contributed by atoms with Crippen molar-refractivity contribution in [2.45, 2.75) is 18.9 Å². The molecular formula is C14H16N2OS. The van der Waals surface area contributed by atoms with E-state index in [9.17, 15) is 0 Å². The average Bonchev–Trinajstić information content (AvgIpc) is 2.84. The van der Waals surface area contributed by atoms with Crippen LogP contribution in [0.3, 0.4) is 0 Å². The van der Waals surface area contributed by atoms with Crippen molar-refractivity contribution in [2.24, 2.45) is 5.92 Å². The molecule has 0 amide bonds. The van der Waals surface area contributed by atoms with Crippen molar-refractivity contribution in [2.75, 3.05) is 19.6 Å². The van der Waals surface area contributed by atoms with Gasteiger partial charge in [0, 0.05) is 6.54 Å². The first-order valence-corrected chi connectivity index (χ1v) is 7.41. The highest BCUT2D eigenvalue weighted by atomic mass is 32.1. The zero-order chi connectivity index (χ0) is 11.9. The second-order valence-electron chi connectivity index (χ2n) is 5.28. The Morgan fingerprint density at radius 1 is 1.22 bits per heavy atom. The quantitative estimate of drug-likeness (QED) is 0.830. The molecule has 0 N–H and O–H groups in total. The van der Waals surface area contributed by atoms with Gasteiger partial charge in [-0.15, -0.1) is 0 Å². The zero-order valence-electron chi connectivity index (χ0n) is 10.2. The van der Waals surface area contributed by atoms with Gasteiger partial charge in [-0.2, -0.15) is 4.37 Å². The summed E-state index contributed by atoms with van der Waals surface area (Å²) in [6.45, 7) is 3.58. The Morgan fingerprint density at radius 2 is 2.06 bits per heavy atom. The standard InChI is InChI=1S/C14H16N2OS/c1-2-4-13-11(3-1)14(15-18-13)17-12-9-16-7-5-10(12)6-8-16/h1-4,10,12H,5-9H2. The zero-order valence-corrected chi connectivity index (χ0v) is 11.0. The summed E-state index contributed by atoms with van der Waals surface area (Å²) in [5.41, 5.74) is 0. The van der Waals surface area contributed by atoms with Gasteiger partial charge in [0.1, 0.15) is 6.10 Å². The van der Waals surface area contributed by atoms with Crippen LogP contribution in [0.5, 0.6) is 5.88 Å². The summed E-state index contributed by atoms with van der Waals surface area (Å²) in [4.78, 5) is 2.51. The van der Waals surface area contributed by atoms with Crippen LogP contribution >= 0.6 is 11.5 Å². The van der Waals surface area contributed by atoms with E-state index in [-0.39, 0.29) is 0 Å². The molecule has 1 aromatic carbocycles. The van der Waals surface area contributed by atoms with E-state index in [1.807, 2.05) is 0 Å². The molecule has 1 aromatic heterocycles. The summed E-state index contributed by atoms with van der Waals surface area (Å²) < 4.78 is 11.9. The third-order valence-electron chi connectivity index (χ3n) is 4.20. The number of rotatable bonds is 2. The fraction of sp³-hybridized carbons (Fsp3) is 0.500. The van der Waals surface area contributed by atoms with E-state index in [0.717, 1.165) is 18.3 Å². The Balaban J connectivity index is 1.61. The van der Waals surface area contributed by atoms with Gasteiger partial charge in [0.05, 0.1) is 10.1 Å². The minimum Gasteiger partial charge on any atom is -0.472 e. The molecule has 2 aromatic rings. The molecule has 0 aliphatic carbocycles. The number of nitrogens with zero attached hydrogens (tertiary/aromatic N) is 2. The van der Waals surface area contributed by atoms with E-state index in [1.165, 1.54) is 47.5 Å². The number of benzene rings is 1. The second kappa shape index (κ2) is 4.21. The van der Waals surface area contributed by atoms with E-state index in [4.69, 9.17) is 4.74 Å². The van der Waals surface area contributed by atoms with Crippen LogP contribution in [-0.2, 0) is 0 Å². The van der Waals surface area contributed by atoms with E-state index in [2.05, 4.69) is 33.5 Å². The molecule has 1 unspecified atom stereocenters. The lowest BCUT2D eigenvalue weighted by Crippen LogP contribution is -2.52. The van der Waals surface area contributed by atoms with Crippen molar-refractivity contribution in [1.82, 2.24) is 9.27 Å². The van der Waals surface area contributed by atoms with Crippen molar-refractivity contribution in [3.63, 3.8) is 0 Å². The van der Waals surface area contributed by atoms with Crippen molar-refractivity contribution < 1.29 is 4.74 Å². The summed E-state index contributed by atoms with van der Waals surface area (Å²) in [5, 5.41) is 1.17. The second-order valence-corrected chi connectivity index (χ2v) is 6.08. The van der Waals surface area contributed by atoms with Crippen molar-refractivity contribution in [3.05, 3.63) is 24.3 Å². The Kier molecular flexibility index (Phi) is 2.52. The molecule has 94 valence electrons. The molecule has 4 heterocycles. The van der Waals surface area contributed by atoms with Crippen LogP contribution < -0.4 is 4.74 Å². The normalized spacial score (nSPS) is 30.8. The van der Waals surface area contributed by atoms with Crippen LogP contribution in [0.4, 0.5) is 0 Å². The SMILES string of the molecule is c1ccc2c(OC3CN4CCC3CC4)nsc2c1. The molecule has 3 saturated heterocycles. The molecule has 4 heteroatoms. The first kappa shape index (κ1) is 10.8. The summed E-state index contributed by atoms with van der Waals surface area (Å²) in [5.74, 6) is 1.57. The maximum absolute atomic E-state index is 6.20. The Bertz CT molecular complexity index is 560. The van der Waals surface area contributed by atoms with Gasteiger partial charge in [-0.05, 0) is 55.5 Å². The topological polar surface area (TPSA) is 25.4 Å². The third-order valence-corrected chi connectivity index (χ3v) is 5.01. The summed E-state index contributed by atoms with van der Waals surface area (Å²) >= 11 is 1.53. The number of ether oxygens (including phenoxy) is 1. The molecule has 3 aliphatic heterocycles. The minimum absolute atomic E-state index is 0.345. The summed E-state index contributed by atoms with van der Waals surface area (Å²) in [6.07, 6.45) is 2.91. The fourth-order valence-electron chi connectivity index (χ4n) is 3.14. The molecule has 0 radical (unpaired) electrons. The number of fused-ring (bicyclic) bond motifs is 4. The van der Waals surface area contributed by atoms with Gasteiger partial charge in [-0.3, -0.25) is 4.90 Å². The van der Waals surface area contributed by atoms with Crippen LogP contribution in [-0.4, -0.2) is 35.0 Å². The smallest absolute Gasteiger partial charge is 0.233 e. The molecule has 3 nitrogen and oxygen atoms in total. The van der Waals surface area contributed by atoms with Gasteiger partial charge in [0.15, 0.2) is 0 Å². The van der Waals surface area contributed by atoms with Crippen molar-refractivity contribution >= 4 is 21.6 Å². The Morgan fingerprint density at radius 3 is 2.83 bits per heavy atom. The van der Waals surface area contributed by atoms with Crippen LogP contribution in [0.1, 0.15) is 12.8 Å². The Hall–Kier alpha value is -1.13. The minimum atomic E-state index is 0.345. The maximum atomic E-state index is 6.20. The van der Waals surface area contributed by atoms with Gasteiger partial charge in [0.25, 0.3) is 0 Å². The van der Waals surface area contributed by atoms with E-state index >= 15 is 0 Å². The lowest BCUT2D eigenvalue weighted by atomic mass is 9.86. The molecule has 0 saturated carbocycles. The lowest BCUT2D eigenvalue weighted by Gasteiger charge is -2.44. The van der Waals surface area contributed by atoms with Crippen LogP contribution in [0.25, 0.3) is 10.1 Å². The van der Waals surface area contributed by atoms with Crippen LogP contribution in [0, 0.1) is 5.92 Å². The van der Waals surface area contributed by atoms with Crippen molar-refractivity contribution in [3.8, 4) is 5.88 Å². The maximum Gasteiger partial charge on any atom is 0.233 e. The van der Waals surface area contributed by atoms with Crippen LogP contribution in [0.15, 0.2) is 24.3 Å². The fourth-order valence-corrected chi connectivity index (χ4v) is 3.85. The number of hydrogen-bond donors (Lipinski definition) is 0. The highest BCUT2D eigenvalue weighted by Gasteiger charge is 2.36. The summed E-state index contributed by atoms with van der Waals surface area (Å²) in [6, 6.07) is 8.32. The lowest BCUT2D eigenvalue weighted by molar-refractivity contribution is -0.00870. The van der Waals surface area contributed by atoms with Crippen molar-refractivity contribution in [1.29, 1.82) is 0 Å². The molecule has 5 rings (SSSR count). The van der Waals surface area contributed by atoms with Crippen LogP contribution in [0.2, 0.25) is 0 Å². The van der Waals surface area contributed by atoms with Gasteiger partial charge < -0.3 is 4.74 Å². The number of piperidine rings is 3. The van der Waals surface area contributed by atoms with E-state index in [0.29, 0.717) is 6.10 Å². The summed E-state index contributed by atoms with van der Waals surface area (Å²) in [7, 11) is 0. The highest BCUT2D eigenvalue weighted by Crippen LogP contribution is 2.34. The predicted octanol–water partition coefficient (Wildman–Crippen LogP) is 2.77. The molecule has 3 aliphatic rings. The largest absolute Gasteiger partial charge is 0.472 e. The average molecular weight is 260 g/mol. The predicted molar refractivity (Wildman–Crippen MR) is 73.2 cm³/mol. The number of hydrogen-bond acceptors (Lipinski definition) is 4. The van der Waals surface area contributed by atoms with E-state index < -0.39 is 0 Å². The Labute approximate surface area is 111 Å². The molecule has 1 atom stereocenters. The van der Waals surface area contributed by atoms with Gasteiger partial charge in [-0.1, -0.05) is 12.1 Å². The van der Waals surface area contributed by atoms with E-state index in [1.54, 1.807) is 0 Å².